The molecule has 2 heteroatoms. The van der Waals surface area contributed by atoms with Crippen molar-refractivity contribution in [2.24, 2.45) is 0 Å². The average molecular weight is 133 g/mol. The highest BCUT2D eigenvalue weighted by atomic mass is 32.1. The SMILES string of the molecule is C.SC1CCNCC1. The Morgan fingerprint density at radius 2 is 1.75 bits per heavy atom. The number of rotatable bonds is 0. The monoisotopic (exact) mass is 133 g/mol. The molecule has 1 fully saturated rings. The highest BCUT2D eigenvalue weighted by Gasteiger charge is 2.05. The van der Waals surface area contributed by atoms with Gasteiger partial charge in [0, 0.05) is 5.25 Å². The molecule has 1 N–H and O–H groups in total. The van der Waals surface area contributed by atoms with Crippen LogP contribution in [0.15, 0.2) is 0 Å². The maximum absolute atomic E-state index is 4.32. The lowest BCUT2D eigenvalue weighted by atomic mass is 10.2. The van der Waals surface area contributed by atoms with E-state index in [-0.39, 0.29) is 7.43 Å². The van der Waals surface area contributed by atoms with Gasteiger partial charge >= 0.3 is 0 Å². The normalized spacial score (nSPS) is 22.1. The molecule has 1 heterocycles. The molecular weight excluding hydrogens is 118 g/mol. The molecule has 1 aliphatic rings. The van der Waals surface area contributed by atoms with Crippen LogP contribution in [0.1, 0.15) is 20.3 Å². The number of hydrogen-bond donors (Lipinski definition) is 2. The second-order valence-corrected chi connectivity index (χ2v) is 2.71. The summed E-state index contributed by atoms with van der Waals surface area (Å²) in [7, 11) is 0. The Kier molecular flexibility index (Phi) is 4.38. The summed E-state index contributed by atoms with van der Waals surface area (Å²) in [6, 6.07) is 0. The molecular formula is C6H15NS. The van der Waals surface area contributed by atoms with Crippen molar-refractivity contribution in [2.75, 3.05) is 13.1 Å². The molecule has 0 saturated carbocycles. The molecule has 0 aromatic carbocycles. The van der Waals surface area contributed by atoms with Crippen LogP contribution in [0.5, 0.6) is 0 Å². The van der Waals surface area contributed by atoms with Crippen LogP contribution in [0.2, 0.25) is 0 Å². The van der Waals surface area contributed by atoms with E-state index in [0.29, 0.717) is 5.25 Å². The van der Waals surface area contributed by atoms with Gasteiger partial charge in [-0.2, -0.15) is 12.6 Å². The van der Waals surface area contributed by atoms with Crippen molar-refractivity contribution in [3.63, 3.8) is 0 Å². The highest BCUT2D eigenvalue weighted by molar-refractivity contribution is 7.80. The van der Waals surface area contributed by atoms with Gasteiger partial charge in [-0.1, -0.05) is 7.43 Å². The van der Waals surface area contributed by atoms with Crippen molar-refractivity contribution in [3.05, 3.63) is 0 Å². The standard InChI is InChI=1S/C5H11NS.CH4/c7-5-1-3-6-4-2-5;/h5-7H,1-4H2;1H4. The van der Waals surface area contributed by atoms with Gasteiger partial charge in [-0.05, 0) is 25.9 Å². The van der Waals surface area contributed by atoms with Crippen molar-refractivity contribution < 1.29 is 0 Å². The van der Waals surface area contributed by atoms with E-state index in [1.807, 2.05) is 0 Å². The molecule has 50 valence electrons. The lowest BCUT2D eigenvalue weighted by Gasteiger charge is -2.16. The van der Waals surface area contributed by atoms with Crippen LogP contribution in [0, 0.1) is 0 Å². The maximum atomic E-state index is 4.32. The molecule has 0 atom stereocenters. The number of hydrogen-bond acceptors (Lipinski definition) is 2. The van der Waals surface area contributed by atoms with Crippen molar-refractivity contribution in [1.82, 2.24) is 5.32 Å². The summed E-state index contributed by atoms with van der Waals surface area (Å²) in [5.41, 5.74) is 0. The second-order valence-electron chi connectivity index (χ2n) is 1.98. The van der Waals surface area contributed by atoms with E-state index in [9.17, 15) is 0 Å². The molecule has 1 aliphatic heterocycles. The lowest BCUT2D eigenvalue weighted by Crippen LogP contribution is -2.27. The third kappa shape index (κ3) is 2.58. The van der Waals surface area contributed by atoms with Crippen LogP contribution in [-0.4, -0.2) is 18.3 Å². The third-order valence-electron chi connectivity index (χ3n) is 1.31. The van der Waals surface area contributed by atoms with Crippen molar-refractivity contribution >= 4 is 12.6 Å². The van der Waals surface area contributed by atoms with Crippen LogP contribution < -0.4 is 5.32 Å². The van der Waals surface area contributed by atoms with E-state index < -0.39 is 0 Å². The van der Waals surface area contributed by atoms with Gasteiger partial charge in [-0.15, -0.1) is 0 Å². The zero-order valence-electron chi connectivity index (χ0n) is 4.35. The highest BCUT2D eigenvalue weighted by Crippen LogP contribution is 2.07. The minimum atomic E-state index is 0. The van der Waals surface area contributed by atoms with E-state index in [4.69, 9.17) is 0 Å². The summed E-state index contributed by atoms with van der Waals surface area (Å²) < 4.78 is 0. The van der Waals surface area contributed by atoms with Gasteiger partial charge in [0.1, 0.15) is 0 Å². The predicted molar refractivity (Wildman–Crippen MR) is 41.6 cm³/mol. The van der Waals surface area contributed by atoms with Gasteiger partial charge in [-0.3, -0.25) is 0 Å². The summed E-state index contributed by atoms with van der Waals surface area (Å²) in [5, 5.41) is 3.93. The van der Waals surface area contributed by atoms with E-state index in [1.54, 1.807) is 0 Å². The maximum Gasteiger partial charge on any atom is 0.00409 e. The Hall–Kier alpha value is 0.310. The third-order valence-corrected chi connectivity index (χ3v) is 1.83. The van der Waals surface area contributed by atoms with Gasteiger partial charge in [-0.25, -0.2) is 0 Å². The largest absolute Gasteiger partial charge is 0.317 e. The minimum Gasteiger partial charge on any atom is -0.317 e. The number of nitrogens with one attached hydrogen (secondary N) is 1. The van der Waals surface area contributed by atoms with Crippen LogP contribution >= 0.6 is 12.6 Å². The fourth-order valence-electron chi connectivity index (χ4n) is 0.807. The topological polar surface area (TPSA) is 12.0 Å². The van der Waals surface area contributed by atoms with E-state index in [0.717, 1.165) is 13.1 Å². The van der Waals surface area contributed by atoms with Gasteiger partial charge in [0.2, 0.25) is 0 Å². The quantitative estimate of drug-likeness (QED) is 0.475. The molecule has 0 unspecified atom stereocenters. The zero-order chi connectivity index (χ0) is 5.11. The molecule has 8 heavy (non-hydrogen) atoms. The van der Waals surface area contributed by atoms with Crippen LogP contribution in [0.4, 0.5) is 0 Å². The molecule has 0 aliphatic carbocycles. The van der Waals surface area contributed by atoms with Gasteiger partial charge in [0.25, 0.3) is 0 Å². The summed E-state index contributed by atoms with van der Waals surface area (Å²) in [4.78, 5) is 0. The molecule has 0 amide bonds. The molecule has 0 aromatic rings. The fourth-order valence-corrected chi connectivity index (χ4v) is 1.06. The van der Waals surface area contributed by atoms with E-state index in [1.165, 1.54) is 12.8 Å². The van der Waals surface area contributed by atoms with Gasteiger partial charge in [0.05, 0.1) is 0 Å². The first-order chi connectivity index (χ1) is 3.39. The summed E-state index contributed by atoms with van der Waals surface area (Å²) in [6.07, 6.45) is 2.48. The van der Waals surface area contributed by atoms with Crippen LogP contribution in [-0.2, 0) is 0 Å². The summed E-state index contributed by atoms with van der Waals surface area (Å²) in [5.74, 6) is 0. The van der Waals surface area contributed by atoms with Gasteiger partial charge < -0.3 is 5.32 Å². The molecule has 0 bridgehead atoms. The molecule has 1 nitrogen and oxygen atoms in total. The molecule has 1 saturated heterocycles. The van der Waals surface area contributed by atoms with Crippen molar-refractivity contribution in [1.29, 1.82) is 0 Å². The molecule has 0 radical (unpaired) electrons. The Labute approximate surface area is 57.3 Å². The first kappa shape index (κ1) is 8.31. The summed E-state index contributed by atoms with van der Waals surface area (Å²) >= 11 is 4.32. The fraction of sp³-hybridized carbons (Fsp3) is 1.00. The first-order valence-electron chi connectivity index (χ1n) is 2.78. The molecule has 0 aromatic heterocycles. The Balaban J connectivity index is 0.000000490. The predicted octanol–water partition coefficient (Wildman–Crippen LogP) is 1.30. The van der Waals surface area contributed by atoms with Crippen molar-refractivity contribution in [3.8, 4) is 0 Å². The van der Waals surface area contributed by atoms with Crippen LogP contribution in [0.25, 0.3) is 0 Å². The summed E-state index contributed by atoms with van der Waals surface area (Å²) in [6.45, 7) is 2.32. The molecule has 1 rings (SSSR count). The first-order valence-corrected chi connectivity index (χ1v) is 3.30. The van der Waals surface area contributed by atoms with E-state index >= 15 is 0 Å². The van der Waals surface area contributed by atoms with Gasteiger partial charge in [0.15, 0.2) is 0 Å². The lowest BCUT2D eigenvalue weighted by molar-refractivity contribution is 0.533. The second kappa shape index (κ2) is 4.21. The van der Waals surface area contributed by atoms with E-state index in [2.05, 4.69) is 17.9 Å². The average Bonchev–Trinajstić information content (AvgIpc) is 1.69. The number of piperidine rings is 1. The van der Waals surface area contributed by atoms with Crippen molar-refractivity contribution in [2.45, 2.75) is 25.5 Å². The number of thiol groups is 1. The van der Waals surface area contributed by atoms with Crippen LogP contribution in [0.3, 0.4) is 0 Å². The smallest absolute Gasteiger partial charge is 0.00409 e. The Bertz CT molecular complexity index is 50.5. The Morgan fingerprint density at radius 3 is 2.00 bits per heavy atom. The minimum absolute atomic E-state index is 0. The molecule has 0 spiro atoms. The Morgan fingerprint density at radius 1 is 1.25 bits per heavy atom. The zero-order valence-corrected chi connectivity index (χ0v) is 5.25.